The summed E-state index contributed by atoms with van der Waals surface area (Å²) in [5.74, 6) is 0.457. The van der Waals surface area contributed by atoms with Crippen LogP contribution in [0.3, 0.4) is 0 Å². The summed E-state index contributed by atoms with van der Waals surface area (Å²) in [6.07, 6.45) is 4.78. The zero-order valence-electron chi connectivity index (χ0n) is 12.1. The smallest absolute Gasteiger partial charge is 0.307 e. The van der Waals surface area contributed by atoms with Crippen molar-refractivity contribution in [2.45, 2.75) is 38.0 Å². The summed E-state index contributed by atoms with van der Waals surface area (Å²) in [4.78, 5) is 11.6. The van der Waals surface area contributed by atoms with Crippen LogP contribution in [0.15, 0.2) is 18.2 Å². The summed E-state index contributed by atoms with van der Waals surface area (Å²) in [6.45, 7) is 0. The molecular weight excluding hydrogens is 256 g/mol. The Morgan fingerprint density at radius 3 is 2.55 bits per heavy atom. The van der Waals surface area contributed by atoms with E-state index in [4.69, 9.17) is 9.47 Å². The van der Waals surface area contributed by atoms with Gasteiger partial charge < -0.3 is 14.6 Å². The van der Waals surface area contributed by atoms with E-state index in [9.17, 15) is 9.90 Å². The second kappa shape index (κ2) is 6.64. The third kappa shape index (κ3) is 3.06. The van der Waals surface area contributed by atoms with E-state index in [0.29, 0.717) is 0 Å². The van der Waals surface area contributed by atoms with Gasteiger partial charge in [-0.05, 0) is 31.0 Å². The van der Waals surface area contributed by atoms with E-state index < -0.39 is 5.97 Å². The molecule has 1 fully saturated rings. The number of carboxylic acid groups (broad SMARTS) is 1. The maximum atomic E-state index is 11.6. The highest BCUT2D eigenvalue weighted by Crippen LogP contribution is 2.41. The molecule has 0 amide bonds. The van der Waals surface area contributed by atoms with E-state index in [0.717, 1.165) is 49.2 Å². The van der Waals surface area contributed by atoms with Crippen molar-refractivity contribution in [3.05, 3.63) is 23.8 Å². The van der Waals surface area contributed by atoms with E-state index in [2.05, 4.69) is 0 Å². The molecule has 0 heterocycles. The highest BCUT2D eigenvalue weighted by Gasteiger charge is 2.32. The molecule has 110 valence electrons. The van der Waals surface area contributed by atoms with E-state index >= 15 is 0 Å². The van der Waals surface area contributed by atoms with Crippen LogP contribution in [-0.2, 0) is 4.79 Å². The van der Waals surface area contributed by atoms with Crippen molar-refractivity contribution >= 4 is 5.97 Å². The zero-order chi connectivity index (χ0) is 14.5. The molecular formula is C16H22O4. The van der Waals surface area contributed by atoms with Crippen molar-refractivity contribution in [2.75, 3.05) is 14.2 Å². The predicted octanol–water partition coefficient (Wildman–Crippen LogP) is 3.45. The molecule has 4 nitrogen and oxygen atoms in total. The number of aliphatic carboxylic acids is 1. The fourth-order valence-electron chi connectivity index (χ4n) is 3.10. The third-order valence-corrected chi connectivity index (χ3v) is 4.17. The van der Waals surface area contributed by atoms with Gasteiger partial charge in [0.15, 0.2) is 0 Å². The van der Waals surface area contributed by atoms with Crippen molar-refractivity contribution in [1.29, 1.82) is 0 Å². The Hall–Kier alpha value is -1.71. The van der Waals surface area contributed by atoms with Gasteiger partial charge in [-0.3, -0.25) is 4.79 Å². The van der Waals surface area contributed by atoms with Crippen molar-refractivity contribution in [3.8, 4) is 11.5 Å². The molecule has 2 unspecified atom stereocenters. The van der Waals surface area contributed by atoms with E-state index in [-0.39, 0.29) is 11.8 Å². The fourth-order valence-corrected chi connectivity index (χ4v) is 3.10. The van der Waals surface area contributed by atoms with Crippen LogP contribution in [-0.4, -0.2) is 25.3 Å². The van der Waals surface area contributed by atoms with Gasteiger partial charge in [-0.1, -0.05) is 19.3 Å². The normalized spacial score (nSPS) is 22.9. The summed E-state index contributed by atoms with van der Waals surface area (Å²) in [5, 5.41) is 9.51. The second-order valence-electron chi connectivity index (χ2n) is 5.30. The lowest BCUT2D eigenvalue weighted by Gasteiger charge is -2.24. The van der Waals surface area contributed by atoms with Gasteiger partial charge in [0.05, 0.1) is 20.1 Å². The number of hydrogen-bond donors (Lipinski definition) is 1. The van der Waals surface area contributed by atoms with Gasteiger partial charge >= 0.3 is 5.97 Å². The molecule has 2 atom stereocenters. The summed E-state index contributed by atoms with van der Waals surface area (Å²) in [7, 11) is 3.24. The van der Waals surface area contributed by atoms with Crippen LogP contribution in [0.1, 0.15) is 43.6 Å². The van der Waals surface area contributed by atoms with Crippen molar-refractivity contribution < 1.29 is 19.4 Å². The van der Waals surface area contributed by atoms with Crippen LogP contribution in [0.2, 0.25) is 0 Å². The minimum atomic E-state index is -0.707. The molecule has 1 N–H and O–H groups in total. The first kappa shape index (κ1) is 14.7. The molecule has 0 spiro atoms. The monoisotopic (exact) mass is 278 g/mol. The minimum Gasteiger partial charge on any atom is -0.497 e. The standard InChI is InChI=1S/C16H22O4/c1-19-11-8-9-15(20-2)14(10-11)12-6-4-3-5-7-13(12)16(17)18/h8-10,12-13H,3-7H2,1-2H3,(H,17,18). The maximum absolute atomic E-state index is 11.6. The number of rotatable bonds is 4. The number of carboxylic acids is 1. The average Bonchev–Trinajstić information content (AvgIpc) is 2.72. The van der Waals surface area contributed by atoms with Crippen molar-refractivity contribution in [3.63, 3.8) is 0 Å². The zero-order valence-corrected chi connectivity index (χ0v) is 12.1. The SMILES string of the molecule is COc1ccc(OC)c(C2CCCCCC2C(=O)O)c1. The number of methoxy groups -OCH3 is 2. The number of hydrogen-bond acceptors (Lipinski definition) is 3. The molecule has 0 bridgehead atoms. The van der Waals surface area contributed by atoms with Crippen LogP contribution in [0.4, 0.5) is 0 Å². The van der Waals surface area contributed by atoms with Gasteiger partial charge in [-0.2, -0.15) is 0 Å². The predicted molar refractivity (Wildman–Crippen MR) is 76.5 cm³/mol. The molecule has 4 heteroatoms. The molecule has 0 saturated heterocycles. The Morgan fingerprint density at radius 1 is 1.15 bits per heavy atom. The summed E-state index contributed by atoms with van der Waals surface area (Å²) in [6, 6.07) is 5.62. The average molecular weight is 278 g/mol. The molecule has 1 aliphatic rings. The largest absolute Gasteiger partial charge is 0.497 e. The number of carbonyl (C=O) groups is 1. The third-order valence-electron chi connectivity index (χ3n) is 4.17. The van der Waals surface area contributed by atoms with Crippen LogP contribution in [0, 0.1) is 5.92 Å². The summed E-state index contributed by atoms with van der Waals surface area (Å²) < 4.78 is 10.7. The van der Waals surface area contributed by atoms with Gasteiger partial charge in [0, 0.05) is 11.5 Å². The molecule has 0 aromatic heterocycles. The molecule has 1 aromatic rings. The van der Waals surface area contributed by atoms with Gasteiger partial charge in [0.25, 0.3) is 0 Å². The Bertz CT molecular complexity index is 470. The molecule has 2 rings (SSSR count). The second-order valence-corrected chi connectivity index (χ2v) is 5.30. The van der Waals surface area contributed by atoms with E-state index in [1.165, 1.54) is 0 Å². The quantitative estimate of drug-likeness (QED) is 0.857. The minimum absolute atomic E-state index is 0.0000463. The Balaban J connectivity index is 2.41. The van der Waals surface area contributed by atoms with Gasteiger partial charge in [0.2, 0.25) is 0 Å². The van der Waals surface area contributed by atoms with Crippen LogP contribution in [0.5, 0.6) is 11.5 Å². The molecule has 1 saturated carbocycles. The molecule has 1 aromatic carbocycles. The van der Waals surface area contributed by atoms with Gasteiger partial charge in [-0.15, -0.1) is 0 Å². The lowest BCUT2D eigenvalue weighted by atomic mass is 9.82. The summed E-state index contributed by atoms with van der Waals surface area (Å²) in [5.41, 5.74) is 0.959. The number of ether oxygens (including phenoxy) is 2. The van der Waals surface area contributed by atoms with Gasteiger partial charge in [-0.25, -0.2) is 0 Å². The van der Waals surface area contributed by atoms with Crippen LogP contribution < -0.4 is 9.47 Å². The number of benzene rings is 1. The van der Waals surface area contributed by atoms with Crippen LogP contribution in [0.25, 0.3) is 0 Å². The molecule has 0 radical (unpaired) electrons. The molecule has 20 heavy (non-hydrogen) atoms. The Labute approximate surface area is 119 Å². The summed E-state index contributed by atoms with van der Waals surface area (Å²) >= 11 is 0. The fraction of sp³-hybridized carbons (Fsp3) is 0.562. The highest BCUT2D eigenvalue weighted by molar-refractivity contribution is 5.72. The highest BCUT2D eigenvalue weighted by atomic mass is 16.5. The van der Waals surface area contributed by atoms with Crippen molar-refractivity contribution in [2.24, 2.45) is 5.92 Å². The topological polar surface area (TPSA) is 55.8 Å². The maximum Gasteiger partial charge on any atom is 0.307 e. The Morgan fingerprint density at radius 2 is 1.90 bits per heavy atom. The molecule has 0 aliphatic heterocycles. The van der Waals surface area contributed by atoms with Gasteiger partial charge in [0.1, 0.15) is 11.5 Å². The van der Waals surface area contributed by atoms with Crippen LogP contribution >= 0.6 is 0 Å². The van der Waals surface area contributed by atoms with E-state index in [1.54, 1.807) is 14.2 Å². The lowest BCUT2D eigenvalue weighted by Crippen LogP contribution is -2.21. The Kier molecular flexibility index (Phi) is 4.88. The first-order valence-electron chi connectivity index (χ1n) is 7.12. The molecule has 1 aliphatic carbocycles. The first-order valence-corrected chi connectivity index (χ1v) is 7.12. The van der Waals surface area contributed by atoms with E-state index in [1.807, 2.05) is 18.2 Å². The first-order chi connectivity index (χ1) is 9.67. The van der Waals surface area contributed by atoms with Crippen molar-refractivity contribution in [1.82, 2.24) is 0 Å². The lowest BCUT2D eigenvalue weighted by molar-refractivity contribution is -0.142.